The summed E-state index contributed by atoms with van der Waals surface area (Å²) in [6.45, 7) is 3.40. The second-order valence-corrected chi connectivity index (χ2v) is 2.71. The lowest BCUT2D eigenvalue weighted by atomic mass is 10.3. The first-order chi connectivity index (χ1) is 7.11. The van der Waals surface area contributed by atoms with Crippen LogP contribution < -0.4 is 5.32 Å². The van der Waals surface area contributed by atoms with Crippen LogP contribution in [0, 0.1) is 5.41 Å². The molecule has 0 unspecified atom stereocenters. The number of aromatic nitrogens is 2. The molecule has 0 fully saturated rings. The van der Waals surface area contributed by atoms with E-state index in [4.69, 9.17) is 10.5 Å². The summed E-state index contributed by atoms with van der Waals surface area (Å²) in [5, 5.41) is 18.4. The number of hydrogen-bond acceptors (Lipinski definition) is 4. The number of anilines is 1. The molecule has 6 nitrogen and oxygen atoms in total. The molecule has 1 heterocycles. The topological polar surface area (TPSA) is 99.0 Å². The molecule has 1 aromatic heterocycles. The number of rotatable bonds is 4. The van der Waals surface area contributed by atoms with Gasteiger partial charge in [-0.15, -0.1) is 0 Å². The zero-order chi connectivity index (χ0) is 11.3. The highest BCUT2D eigenvalue weighted by molar-refractivity contribution is 6.00. The Balaban J connectivity index is 2.78. The van der Waals surface area contributed by atoms with Crippen LogP contribution in [0.1, 0.15) is 5.69 Å². The molecule has 0 aliphatic carbocycles. The molecule has 0 aliphatic rings. The summed E-state index contributed by atoms with van der Waals surface area (Å²) in [4.78, 5) is 18.2. The van der Waals surface area contributed by atoms with Gasteiger partial charge in [-0.3, -0.25) is 15.2 Å². The molecule has 0 spiro atoms. The van der Waals surface area contributed by atoms with Crippen molar-refractivity contribution in [3.63, 3.8) is 0 Å². The van der Waals surface area contributed by atoms with E-state index in [2.05, 4.69) is 21.9 Å². The SMILES string of the molecule is C=CC(=N)Nc1cncc(CC(=O)O)n1. The highest BCUT2D eigenvalue weighted by Crippen LogP contribution is 2.02. The van der Waals surface area contributed by atoms with Crippen molar-refractivity contribution < 1.29 is 9.90 Å². The highest BCUT2D eigenvalue weighted by atomic mass is 16.4. The van der Waals surface area contributed by atoms with E-state index in [9.17, 15) is 4.79 Å². The molecule has 1 aromatic rings. The van der Waals surface area contributed by atoms with Gasteiger partial charge >= 0.3 is 5.97 Å². The Morgan fingerprint density at radius 1 is 1.67 bits per heavy atom. The molecule has 0 aromatic carbocycles. The predicted octanol–water partition coefficient (Wildman–Crippen LogP) is 0.679. The van der Waals surface area contributed by atoms with Gasteiger partial charge in [0.25, 0.3) is 0 Å². The lowest BCUT2D eigenvalue weighted by molar-refractivity contribution is -0.136. The second kappa shape index (κ2) is 4.85. The Morgan fingerprint density at radius 3 is 3.00 bits per heavy atom. The van der Waals surface area contributed by atoms with Crippen LogP contribution in [0.2, 0.25) is 0 Å². The van der Waals surface area contributed by atoms with E-state index >= 15 is 0 Å². The largest absolute Gasteiger partial charge is 0.481 e. The van der Waals surface area contributed by atoms with Crippen LogP contribution in [0.5, 0.6) is 0 Å². The van der Waals surface area contributed by atoms with Gasteiger partial charge in [0, 0.05) is 6.20 Å². The number of carboxylic acid groups (broad SMARTS) is 1. The fourth-order valence-electron chi connectivity index (χ4n) is 0.896. The summed E-state index contributed by atoms with van der Waals surface area (Å²) < 4.78 is 0. The molecule has 3 N–H and O–H groups in total. The molecule has 6 heteroatoms. The van der Waals surface area contributed by atoms with Crippen LogP contribution in [0.4, 0.5) is 5.82 Å². The van der Waals surface area contributed by atoms with Crippen molar-refractivity contribution in [1.29, 1.82) is 5.41 Å². The van der Waals surface area contributed by atoms with Gasteiger partial charge in [-0.05, 0) is 6.08 Å². The van der Waals surface area contributed by atoms with Gasteiger partial charge in [-0.25, -0.2) is 4.98 Å². The maximum atomic E-state index is 10.4. The molecule has 0 bridgehead atoms. The average Bonchev–Trinajstić information content (AvgIpc) is 2.17. The van der Waals surface area contributed by atoms with E-state index in [1.54, 1.807) is 0 Å². The Morgan fingerprint density at radius 2 is 2.40 bits per heavy atom. The first kappa shape index (κ1) is 10.8. The monoisotopic (exact) mass is 206 g/mol. The van der Waals surface area contributed by atoms with E-state index in [1.807, 2.05) is 0 Å². The van der Waals surface area contributed by atoms with Gasteiger partial charge in [0.1, 0.15) is 11.7 Å². The first-order valence-electron chi connectivity index (χ1n) is 4.12. The molecule has 0 radical (unpaired) electrons. The zero-order valence-corrected chi connectivity index (χ0v) is 7.90. The van der Waals surface area contributed by atoms with Crippen LogP contribution in [-0.2, 0) is 11.2 Å². The van der Waals surface area contributed by atoms with Crippen molar-refractivity contribution in [3.8, 4) is 0 Å². The van der Waals surface area contributed by atoms with Crippen molar-refractivity contribution in [2.75, 3.05) is 5.32 Å². The fourth-order valence-corrected chi connectivity index (χ4v) is 0.896. The van der Waals surface area contributed by atoms with Gasteiger partial charge in [-0.2, -0.15) is 0 Å². The number of nitrogens with zero attached hydrogens (tertiary/aromatic N) is 2. The summed E-state index contributed by atoms with van der Waals surface area (Å²) in [6.07, 6.45) is 3.90. The highest BCUT2D eigenvalue weighted by Gasteiger charge is 2.03. The van der Waals surface area contributed by atoms with E-state index < -0.39 is 5.97 Å². The number of carboxylic acids is 1. The van der Waals surface area contributed by atoms with Crippen molar-refractivity contribution in [3.05, 3.63) is 30.7 Å². The summed E-state index contributed by atoms with van der Waals surface area (Å²) in [5.41, 5.74) is 0.337. The minimum atomic E-state index is -0.972. The molecule has 0 atom stereocenters. The van der Waals surface area contributed by atoms with Crippen LogP contribution in [0.3, 0.4) is 0 Å². The Labute approximate surface area is 86.2 Å². The Kier molecular flexibility index (Phi) is 3.50. The minimum Gasteiger partial charge on any atom is -0.481 e. The van der Waals surface area contributed by atoms with Gasteiger partial charge in [0.2, 0.25) is 0 Å². The van der Waals surface area contributed by atoms with Crippen LogP contribution in [-0.4, -0.2) is 26.9 Å². The summed E-state index contributed by atoms with van der Waals surface area (Å²) in [7, 11) is 0. The van der Waals surface area contributed by atoms with Crippen LogP contribution in [0.25, 0.3) is 0 Å². The minimum absolute atomic E-state index is 0.0803. The molecular formula is C9H10N4O2. The van der Waals surface area contributed by atoms with Gasteiger partial charge in [0.15, 0.2) is 0 Å². The number of carbonyl (C=O) groups is 1. The lowest BCUT2D eigenvalue weighted by Crippen LogP contribution is -2.10. The zero-order valence-electron chi connectivity index (χ0n) is 7.90. The van der Waals surface area contributed by atoms with Gasteiger partial charge < -0.3 is 10.4 Å². The van der Waals surface area contributed by atoms with Crippen molar-refractivity contribution in [2.24, 2.45) is 0 Å². The van der Waals surface area contributed by atoms with E-state index in [1.165, 1.54) is 18.5 Å². The molecular weight excluding hydrogens is 196 g/mol. The molecule has 1 rings (SSSR count). The third-order valence-electron chi connectivity index (χ3n) is 1.48. The van der Waals surface area contributed by atoms with E-state index in [0.29, 0.717) is 11.5 Å². The first-order valence-corrected chi connectivity index (χ1v) is 4.12. The molecule has 0 saturated carbocycles. The van der Waals surface area contributed by atoms with Gasteiger partial charge in [-0.1, -0.05) is 6.58 Å². The van der Waals surface area contributed by atoms with Crippen molar-refractivity contribution in [1.82, 2.24) is 9.97 Å². The fraction of sp³-hybridized carbons (Fsp3) is 0.111. The standard InChI is InChI=1S/C9H10N4O2/c1-2-7(10)13-8-5-11-4-6(12-8)3-9(14)15/h2,4-5H,1,3H2,(H,14,15)(H2,10,12,13). The Bertz CT molecular complexity index is 403. The maximum Gasteiger partial charge on any atom is 0.309 e. The number of aliphatic carboxylic acids is 1. The smallest absolute Gasteiger partial charge is 0.309 e. The van der Waals surface area contributed by atoms with Crippen LogP contribution in [0.15, 0.2) is 25.0 Å². The Hall–Kier alpha value is -2.24. The lowest BCUT2D eigenvalue weighted by Gasteiger charge is -2.03. The van der Waals surface area contributed by atoms with E-state index in [0.717, 1.165) is 0 Å². The number of hydrogen-bond donors (Lipinski definition) is 3. The maximum absolute atomic E-state index is 10.4. The summed E-state index contributed by atoms with van der Waals surface area (Å²) >= 11 is 0. The normalized spacial score (nSPS) is 9.33. The van der Waals surface area contributed by atoms with Crippen molar-refractivity contribution >= 4 is 17.6 Å². The third kappa shape index (κ3) is 3.55. The van der Waals surface area contributed by atoms with Gasteiger partial charge in [0.05, 0.1) is 18.3 Å². The number of nitrogens with one attached hydrogen (secondary N) is 2. The number of amidine groups is 1. The summed E-state index contributed by atoms with van der Waals surface area (Å²) in [5.74, 6) is -0.560. The third-order valence-corrected chi connectivity index (χ3v) is 1.48. The molecule has 0 aliphatic heterocycles. The second-order valence-electron chi connectivity index (χ2n) is 2.71. The van der Waals surface area contributed by atoms with E-state index in [-0.39, 0.29) is 12.3 Å². The molecule has 78 valence electrons. The van der Waals surface area contributed by atoms with Crippen molar-refractivity contribution in [2.45, 2.75) is 6.42 Å². The predicted molar refractivity (Wildman–Crippen MR) is 54.9 cm³/mol. The average molecular weight is 206 g/mol. The van der Waals surface area contributed by atoms with Crippen LogP contribution >= 0.6 is 0 Å². The molecule has 0 amide bonds. The quantitative estimate of drug-likeness (QED) is 0.497. The molecule has 0 saturated heterocycles. The molecule has 15 heavy (non-hydrogen) atoms. The summed E-state index contributed by atoms with van der Waals surface area (Å²) in [6, 6.07) is 0.